The summed E-state index contributed by atoms with van der Waals surface area (Å²) < 4.78 is 0. The second-order valence-electron chi connectivity index (χ2n) is 6.78. The van der Waals surface area contributed by atoms with Crippen LogP contribution in [0.25, 0.3) is 0 Å². The number of aliphatic hydroxyl groups is 1. The lowest BCUT2D eigenvalue weighted by atomic mass is 9.66. The first-order valence-corrected chi connectivity index (χ1v) is 7.77. The van der Waals surface area contributed by atoms with E-state index in [1.54, 1.807) is 0 Å². The van der Waals surface area contributed by atoms with E-state index >= 15 is 0 Å². The van der Waals surface area contributed by atoms with Crippen molar-refractivity contribution in [2.75, 3.05) is 0 Å². The number of rotatable bonds is 4. The van der Waals surface area contributed by atoms with E-state index in [4.69, 9.17) is 0 Å². The fraction of sp³-hybridized carbons (Fsp3) is 0.667. The van der Waals surface area contributed by atoms with E-state index in [-0.39, 0.29) is 0 Å². The van der Waals surface area contributed by atoms with E-state index in [0.29, 0.717) is 17.8 Å². The van der Waals surface area contributed by atoms with Crippen molar-refractivity contribution in [1.82, 2.24) is 0 Å². The Morgan fingerprint density at radius 3 is 2.53 bits per heavy atom. The Kier molecular flexibility index (Phi) is 4.67. The van der Waals surface area contributed by atoms with E-state index in [1.807, 2.05) is 0 Å². The minimum atomic E-state index is -0.455. The molecule has 0 saturated heterocycles. The van der Waals surface area contributed by atoms with Crippen LogP contribution in [0.4, 0.5) is 0 Å². The van der Waals surface area contributed by atoms with E-state index in [2.05, 4.69) is 51.1 Å². The van der Waals surface area contributed by atoms with Gasteiger partial charge in [-0.1, -0.05) is 51.1 Å². The predicted octanol–water partition coefficient (Wildman–Crippen LogP) is 4.44. The van der Waals surface area contributed by atoms with Gasteiger partial charge in [0, 0.05) is 0 Å². The van der Waals surface area contributed by atoms with E-state index in [0.717, 1.165) is 19.3 Å². The zero-order valence-corrected chi connectivity index (χ0v) is 12.6. The van der Waals surface area contributed by atoms with Gasteiger partial charge in [-0.25, -0.2) is 0 Å². The second-order valence-corrected chi connectivity index (χ2v) is 6.78. The fourth-order valence-electron chi connectivity index (χ4n) is 3.41. The van der Waals surface area contributed by atoms with Crippen LogP contribution in [-0.2, 0) is 6.42 Å². The van der Waals surface area contributed by atoms with Crippen LogP contribution in [0.2, 0.25) is 0 Å². The lowest BCUT2D eigenvalue weighted by Crippen LogP contribution is -2.43. The number of hydrogen-bond donors (Lipinski definition) is 1. The number of hydrogen-bond acceptors (Lipinski definition) is 1. The topological polar surface area (TPSA) is 20.2 Å². The average molecular weight is 260 g/mol. The van der Waals surface area contributed by atoms with E-state index < -0.39 is 5.60 Å². The van der Waals surface area contributed by atoms with Crippen LogP contribution in [0.3, 0.4) is 0 Å². The molecule has 0 radical (unpaired) electrons. The van der Waals surface area contributed by atoms with E-state index in [9.17, 15) is 5.11 Å². The molecule has 1 aromatic rings. The van der Waals surface area contributed by atoms with Crippen LogP contribution in [0.1, 0.15) is 52.0 Å². The van der Waals surface area contributed by atoms with Gasteiger partial charge >= 0.3 is 0 Å². The summed E-state index contributed by atoms with van der Waals surface area (Å²) in [5.41, 5.74) is 0.887. The first-order chi connectivity index (χ1) is 9.01. The minimum Gasteiger partial charge on any atom is -0.390 e. The van der Waals surface area contributed by atoms with E-state index in [1.165, 1.54) is 18.4 Å². The Morgan fingerprint density at radius 1 is 1.21 bits per heavy atom. The van der Waals surface area contributed by atoms with Gasteiger partial charge in [-0.3, -0.25) is 0 Å². The molecule has 3 atom stereocenters. The molecule has 1 fully saturated rings. The Labute approximate surface area is 118 Å². The van der Waals surface area contributed by atoms with Crippen LogP contribution in [-0.4, -0.2) is 10.7 Å². The zero-order valence-electron chi connectivity index (χ0n) is 12.6. The van der Waals surface area contributed by atoms with Crippen LogP contribution >= 0.6 is 0 Å². The van der Waals surface area contributed by atoms with Crippen LogP contribution in [0.15, 0.2) is 30.3 Å². The lowest BCUT2D eigenvalue weighted by Gasteiger charge is -2.43. The molecule has 0 unspecified atom stereocenters. The van der Waals surface area contributed by atoms with Gasteiger partial charge in [0.2, 0.25) is 0 Å². The van der Waals surface area contributed by atoms with Gasteiger partial charge < -0.3 is 5.11 Å². The van der Waals surface area contributed by atoms with Crippen LogP contribution in [0.5, 0.6) is 0 Å². The van der Waals surface area contributed by atoms with Crippen molar-refractivity contribution in [2.45, 2.75) is 58.5 Å². The monoisotopic (exact) mass is 260 g/mol. The molecule has 1 aromatic carbocycles. The van der Waals surface area contributed by atoms with Crippen molar-refractivity contribution >= 4 is 0 Å². The van der Waals surface area contributed by atoms with Crippen LogP contribution in [0, 0.1) is 17.8 Å². The van der Waals surface area contributed by atoms with Gasteiger partial charge in [-0.2, -0.15) is 0 Å². The molecule has 0 spiro atoms. The molecule has 0 bridgehead atoms. The van der Waals surface area contributed by atoms with Gasteiger partial charge in [0.25, 0.3) is 0 Å². The summed E-state index contributed by atoms with van der Waals surface area (Å²) in [6, 6.07) is 10.5. The molecule has 0 amide bonds. The number of aryl methyl sites for hydroxylation is 1. The van der Waals surface area contributed by atoms with Gasteiger partial charge in [-0.15, -0.1) is 0 Å². The molecule has 1 N–H and O–H groups in total. The standard InChI is InChI=1S/C18H28O/c1-14(2)17-10-9-15(3)18(19,13-17)12-11-16-7-5-4-6-8-16/h4-8,14-15,17,19H,9-13H2,1-3H3/t15-,17-,18+/m1/s1. The Bertz CT molecular complexity index is 384. The maximum atomic E-state index is 11.0. The predicted molar refractivity (Wildman–Crippen MR) is 81.1 cm³/mol. The van der Waals surface area contributed by atoms with Crippen molar-refractivity contribution in [3.05, 3.63) is 35.9 Å². The molecule has 0 aromatic heterocycles. The van der Waals surface area contributed by atoms with Crippen molar-refractivity contribution in [1.29, 1.82) is 0 Å². The third kappa shape index (κ3) is 3.60. The fourth-order valence-corrected chi connectivity index (χ4v) is 3.41. The molecule has 1 aliphatic rings. The second kappa shape index (κ2) is 6.09. The molecule has 1 nitrogen and oxygen atoms in total. The summed E-state index contributed by atoms with van der Waals surface area (Å²) in [6.07, 6.45) is 5.34. The van der Waals surface area contributed by atoms with Gasteiger partial charge in [0.15, 0.2) is 0 Å². The maximum absolute atomic E-state index is 11.0. The summed E-state index contributed by atoms with van der Waals surface area (Å²) in [5.74, 6) is 1.82. The Balaban J connectivity index is 1.99. The Hall–Kier alpha value is -0.820. The lowest BCUT2D eigenvalue weighted by molar-refractivity contribution is -0.0720. The third-order valence-electron chi connectivity index (χ3n) is 5.14. The molecule has 1 saturated carbocycles. The highest BCUT2D eigenvalue weighted by Gasteiger charge is 2.40. The largest absolute Gasteiger partial charge is 0.390 e. The molecule has 1 aliphatic carbocycles. The molecular weight excluding hydrogens is 232 g/mol. The van der Waals surface area contributed by atoms with Crippen molar-refractivity contribution in [2.24, 2.45) is 17.8 Å². The average Bonchev–Trinajstić information content (AvgIpc) is 2.41. The van der Waals surface area contributed by atoms with Gasteiger partial charge in [-0.05, 0) is 55.4 Å². The molecule has 0 aliphatic heterocycles. The maximum Gasteiger partial charge on any atom is 0.0679 e. The summed E-state index contributed by atoms with van der Waals surface area (Å²) in [5, 5.41) is 11.0. The summed E-state index contributed by atoms with van der Waals surface area (Å²) in [4.78, 5) is 0. The molecule has 0 heterocycles. The summed E-state index contributed by atoms with van der Waals surface area (Å²) in [6.45, 7) is 6.80. The Morgan fingerprint density at radius 2 is 1.89 bits per heavy atom. The highest BCUT2D eigenvalue weighted by molar-refractivity contribution is 5.15. The van der Waals surface area contributed by atoms with Crippen molar-refractivity contribution < 1.29 is 5.11 Å². The molecule has 106 valence electrons. The van der Waals surface area contributed by atoms with Gasteiger partial charge in [0.05, 0.1) is 5.60 Å². The minimum absolute atomic E-state index is 0.436. The quantitative estimate of drug-likeness (QED) is 0.848. The van der Waals surface area contributed by atoms with Gasteiger partial charge in [0.1, 0.15) is 0 Å². The van der Waals surface area contributed by atoms with Crippen molar-refractivity contribution in [3.63, 3.8) is 0 Å². The van der Waals surface area contributed by atoms with Crippen molar-refractivity contribution in [3.8, 4) is 0 Å². The molecule has 2 rings (SSSR count). The smallest absolute Gasteiger partial charge is 0.0679 e. The first kappa shape index (κ1) is 14.6. The first-order valence-electron chi connectivity index (χ1n) is 7.77. The normalized spacial score (nSPS) is 31.6. The van der Waals surface area contributed by atoms with Crippen LogP contribution < -0.4 is 0 Å². The molecule has 19 heavy (non-hydrogen) atoms. The highest BCUT2D eigenvalue weighted by Crippen LogP contribution is 2.42. The highest BCUT2D eigenvalue weighted by atomic mass is 16.3. The number of benzene rings is 1. The SMILES string of the molecule is CC(C)[C@@H]1CC[C@@H](C)[C@](O)(CCc2ccccc2)C1. The third-order valence-corrected chi connectivity index (χ3v) is 5.14. The molecular formula is C18H28O. The summed E-state index contributed by atoms with van der Waals surface area (Å²) >= 11 is 0. The zero-order chi connectivity index (χ0) is 13.9. The summed E-state index contributed by atoms with van der Waals surface area (Å²) in [7, 11) is 0. The molecule has 1 heteroatoms.